The lowest BCUT2D eigenvalue weighted by Crippen LogP contribution is -2.15. The number of carboxylic acids is 1. The summed E-state index contributed by atoms with van der Waals surface area (Å²) >= 11 is 7.40. The van der Waals surface area contributed by atoms with Crippen LogP contribution in [0.5, 0.6) is 0 Å². The van der Waals surface area contributed by atoms with Crippen LogP contribution in [-0.4, -0.2) is 22.0 Å². The highest BCUT2D eigenvalue weighted by Gasteiger charge is 2.11. The molecule has 2 aromatic rings. The molecule has 0 saturated carbocycles. The molecule has 0 radical (unpaired) electrons. The molecule has 7 heteroatoms. The van der Waals surface area contributed by atoms with Gasteiger partial charge in [0, 0.05) is 5.38 Å². The first-order chi connectivity index (χ1) is 9.45. The Bertz CT molecular complexity index is 669. The van der Waals surface area contributed by atoms with Gasteiger partial charge in [-0.05, 0) is 25.1 Å². The second-order valence-corrected chi connectivity index (χ2v) is 5.55. The lowest BCUT2D eigenvalue weighted by molar-refractivity contribution is -0.115. The van der Waals surface area contributed by atoms with Crippen LogP contribution in [0.3, 0.4) is 0 Å². The number of halogens is 1. The van der Waals surface area contributed by atoms with Crippen molar-refractivity contribution >= 4 is 40.5 Å². The maximum atomic E-state index is 11.9. The van der Waals surface area contributed by atoms with Gasteiger partial charge in [-0.2, -0.15) is 0 Å². The third kappa shape index (κ3) is 3.55. The second kappa shape index (κ2) is 6.02. The van der Waals surface area contributed by atoms with Crippen LogP contribution in [0, 0.1) is 6.92 Å². The Labute approximate surface area is 124 Å². The summed E-state index contributed by atoms with van der Waals surface area (Å²) in [5, 5.41) is 14.5. The average Bonchev–Trinajstić information content (AvgIpc) is 2.77. The largest absolute Gasteiger partial charge is 0.478 e. The van der Waals surface area contributed by atoms with E-state index in [0.29, 0.717) is 5.69 Å². The normalized spacial score (nSPS) is 10.3. The summed E-state index contributed by atoms with van der Waals surface area (Å²) < 4.78 is 0. The van der Waals surface area contributed by atoms with Gasteiger partial charge in [0.15, 0.2) is 0 Å². The monoisotopic (exact) mass is 310 g/mol. The molecule has 0 aliphatic heterocycles. The minimum atomic E-state index is -1.08. The maximum Gasteiger partial charge on any atom is 0.335 e. The fourth-order valence-corrected chi connectivity index (χ4v) is 2.38. The van der Waals surface area contributed by atoms with Gasteiger partial charge >= 0.3 is 5.97 Å². The summed E-state index contributed by atoms with van der Waals surface area (Å²) in [6, 6.07) is 4.15. The molecular weight excluding hydrogens is 300 g/mol. The number of rotatable bonds is 4. The van der Waals surface area contributed by atoms with E-state index >= 15 is 0 Å². The van der Waals surface area contributed by atoms with Crippen molar-refractivity contribution in [2.45, 2.75) is 13.3 Å². The number of thiazole rings is 1. The van der Waals surface area contributed by atoms with Crippen LogP contribution in [0.15, 0.2) is 23.6 Å². The van der Waals surface area contributed by atoms with Crippen LogP contribution >= 0.6 is 22.9 Å². The molecule has 0 spiro atoms. The number of anilines is 1. The molecule has 0 bridgehead atoms. The van der Waals surface area contributed by atoms with Gasteiger partial charge in [-0.25, -0.2) is 9.78 Å². The molecule has 0 saturated heterocycles. The van der Waals surface area contributed by atoms with E-state index in [0.717, 1.165) is 5.01 Å². The molecule has 5 nitrogen and oxygen atoms in total. The summed E-state index contributed by atoms with van der Waals surface area (Å²) in [7, 11) is 0. The van der Waals surface area contributed by atoms with Crippen LogP contribution in [0.2, 0.25) is 5.02 Å². The predicted molar refractivity (Wildman–Crippen MR) is 77.6 cm³/mol. The van der Waals surface area contributed by atoms with E-state index < -0.39 is 5.97 Å². The predicted octanol–water partition coefficient (Wildman–Crippen LogP) is 2.98. The van der Waals surface area contributed by atoms with Gasteiger partial charge in [0.25, 0.3) is 0 Å². The fourth-order valence-electron chi connectivity index (χ4n) is 1.60. The lowest BCUT2D eigenvalue weighted by Gasteiger charge is -2.07. The van der Waals surface area contributed by atoms with E-state index in [2.05, 4.69) is 10.3 Å². The van der Waals surface area contributed by atoms with E-state index in [9.17, 15) is 9.59 Å². The number of benzene rings is 1. The van der Waals surface area contributed by atoms with Crippen LogP contribution in [0.25, 0.3) is 0 Å². The first-order valence-electron chi connectivity index (χ1n) is 5.69. The first-order valence-corrected chi connectivity index (χ1v) is 6.95. The number of carbonyl (C=O) groups is 2. The summed E-state index contributed by atoms with van der Waals surface area (Å²) in [6.45, 7) is 1.86. The summed E-state index contributed by atoms with van der Waals surface area (Å²) in [4.78, 5) is 26.9. The molecule has 1 aromatic carbocycles. The average molecular weight is 311 g/mol. The van der Waals surface area contributed by atoms with Crippen LogP contribution < -0.4 is 5.32 Å². The zero-order valence-corrected chi connectivity index (χ0v) is 12.1. The molecule has 1 aromatic heterocycles. The molecule has 0 unspecified atom stereocenters. The Balaban J connectivity index is 2.11. The fraction of sp³-hybridized carbons (Fsp3) is 0.154. The third-order valence-corrected chi connectivity index (χ3v) is 3.65. The Morgan fingerprint density at radius 2 is 2.20 bits per heavy atom. The highest BCUT2D eigenvalue weighted by molar-refractivity contribution is 7.09. The number of nitrogens with one attached hydrogen (secondary N) is 1. The Morgan fingerprint density at radius 1 is 1.45 bits per heavy atom. The van der Waals surface area contributed by atoms with E-state index in [1.165, 1.54) is 29.5 Å². The number of carbonyl (C=O) groups excluding carboxylic acids is 1. The maximum absolute atomic E-state index is 11.9. The standard InChI is InChI=1S/C13H11ClN2O3S/c1-7-15-9(6-20-7)5-12(17)16-11-4-8(13(18)19)2-3-10(11)14/h2-4,6H,5H2,1H3,(H,16,17)(H,18,19). The number of aromatic carboxylic acids is 1. The molecule has 1 heterocycles. The highest BCUT2D eigenvalue weighted by Crippen LogP contribution is 2.23. The van der Waals surface area contributed by atoms with Crippen LogP contribution in [-0.2, 0) is 11.2 Å². The smallest absolute Gasteiger partial charge is 0.335 e. The van der Waals surface area contributed by atoms with E-state index in [1.54, 1.807) is 0 Å². The Morgan fingerprint density at radius 3 is 2.80 bits per heavy atom. The summed E-state index contributed by atoms with van der Waals surface area (Å²) in [5.74, 6) is -1.37. The quantitative estimate of drug-likeness (QED) is 0.910. The van der Waals surface area contributed by atoms with Crippen molar-refractivity contribution in [1.82, 2.24) is 4.98 Å². The summed E-state index contributed by atoms with van der Waals surface area (Å²) in [6.07, 6.45) is 0.123. The van der Waals surface area contributed by atoms with Crippen molar-refractivity contribution in [2.75, 3.05) is 5.32 Å². The van der Waals surface area contributed by atoms with Gasteiger partial charge < -0.3 is 10.4 Å². The highest BCUT2D eigenvalue weighted by atomic mass is 35.5. The molecular formula is C13H11ClN2O3S. The van der Waals surface area contributed by atoms with Crippen molar-refractivity contribution in [3.05, 3.63) is 44.9 Å². The molecule has 0 atom stereocenters. The molecule has 2 rings (SSSR count). The summed E-state index contributed by atoms with van der Waals surface area (Å²) in [5.41, 5.74) is 1.02. The second-order valence-electron chi connectivity index (χ2n) is 4.08. The van der Waals surface area contributed by atoms with Crippen LogP contribution in [0.4, 0.5) is 5.69 Å². The molecule has 0 aliphatic rings. The molecule has 0 aliphatic carbocycles. The Hall–Kier alpha value is -1.92. The Kier molecular flexibility index (Phi) is 4.36. The lowest BCUT2D eigenvalue weighted by atomic mass is 10.2. The number of nitrogens with zero attached hydrogens (tertiary/aromatic N) is 1. The number of aryl methyl sites for hydroxylation is 1. The minimum Gasteiger partial charge on any atom is -0.478 e. The van der Waals surface area contributed by atoms with Crippen LogP contribution in [0.1, 0.15) is 21.1 Å². The number of hydrogen-bond acceptors (Lipinski definition) is 4. The van der Waals surface area contributed by atoms with Crippen molar-refractivity contribution < 1.29 is 14.7 Å². The van der Waals surface area contributed by atoms with Gasteiger partial charge in [0.1, 0.15) is 0 Å². The van der Waals surface area contributed by atoms with E-state index in [1.807, 2.05) is 12.3 Å². The van der Waals surface area contributed by atoms with Crippen molar-refractivity contribution in [1.29, 1.82) is 0 Å². The van der Waals surface area contributed by atoms with E-state index in [4.69, 9.17) is 16.7 Å². The minimum absolute atomic E-state index is 0.0641. The molecule has 0 fully saturated rings. The van der Waals surface area contributed by atoms with Crippen molar-refractivity contribution in [2.24, 2.45) is 0 Å². The molecule has 2 N–H and O–H groups in total. The van der Waals surface area contributed by atoms with Gasteiger partial charge in [-0.3, -0.25) is 4.79 Å². The van der Waals surface area contributed by atoms with Crippen molar-refractivity contribution in [3.63, 3.8) is 0 Å². The number of hydrogen-bond donors (Lipinski definition) is 2. The molecule has 104 valence electrons. The molecule has 1 amide bonds. The SMILES string of the molecule is Cc1nc(CC(=O)Nc2cc(C(=O)O)ccc2Cl)cs1. The van der Waals surface area contributed by atoms with E-state index in [-0.39, 0.29) is 28.6 Å². The number of aromatic nitrogens is 1. The topological polar surface area (TPSA) is 79.3 Å². The number of carboxylic acid groups (broad SMARTS) is 1. The van der Waals surface area contributed by atoms with Crippen molar-refractivity contribution in [3.8, 4) is 0 Å². The van der Waals surface area contributed by atoms with Gasteiger partial charge in [0.2, 0.25) is 5.91 Å². The van der Waals surface area contributed by atoms with Gasteiger partial charge in [0.05, 0.1) is 33.4 Å². The first kappa shape index (κ1) is 14.5. The van der Waals surface area contributed by atoms with Gasteiger partial charge in [-0.15, -0.1) is 11.3 Å². The van der Waals surface area contributed by atoms with Gasteiger partial charge in [-0.1, -0.05) is 11.6 Å². The zero-order chi connectivity index (χ0) is 14.7. The number of amides is 1. The zero-order valence-electron chi connectivity index (χ0n) is 10.5. The molecule has 20 heavy (non-hydrogen) atoms. The third-order valence-electron chi connectivity index (χ3n) is 2.50.